The molecule has 0 unspecified atom stereocenters. The van der Waals surface area contributed by atoms with Crippen molar-refractivity contribution < 1.29 is 4.74 Å². The fraction of sp³-hybridized carbons (Fsp3) is 0.0500. The van der Waals surface area contributed by atoms with E-state index in [1.165, 1.54) is 0 Å². The highest BCUT2D eigenvalue weighted by Gasteiger charge is 2.31. The van der Waals surface area contributed by atoms with E-state index in [0.29, 0.717) is 11.3 Å². The van der Waals surface area contributed by atoms with Crippen LogP contribution in [0, 0.1) is 11.3 Å². The second-order valence-corrected chi connectivity index (χ2v) is 6.59. The quantitative estimate of drug-likeness (QED) is 0.662. The van der Waals surface area contributed by atoms with E-state index >= 15 is 0 Å². The lowest BCUT2D eigenvalue weighted by Crippen LogP contribution is -2.21. The van der Waals surface area contributed by atoms with E-state index < -0.39 is 0 Å². The van der Waals surface area contributed by atoms with Crippen molar-refractivity contribution in [2.45, 2.75) is 5.92 Å². The first-order valence-electron chi connectivity index (χ1n) is 7.53. The van der Waals surface area contributed by atoms with Crippen LogP contribution >= 0.6 is 15.9 Å². The van der Waals surface area contributed by atoms with Crippen molar-refractivity contribution in [2.75, 3.05) is 0 Å². The first-order valence-corrected chi connectivity index (χ1v) is 8.33. The average Bonchev–Trinajstić information content (AvgIpc) is 2.61. The Balaban J connectivity index is 2.05. The number of benzene rings is 3. The molecule has 1 heterocycles. The normalized spacial score (nSPS) is 16.4. The molecule has 0 aliphatic carbocycles. The molecule has 3 nitrogen and oxygen atoms in total. The van der Waals surface area contributed by atoms with E-state index in [4.69, 9.17) is 10.5 Å². The zero-order chi connectivity index (χ0) is 16.7. The molecule has 1 aliphatic rings. The second kappa shape index (κ2) is 5.70. The molecule has 3 aromatic rings. The summed E-state index contributed by atoms with van der Waals surface area (Å²) in [5.74, 6) is 0.643. The van der Waals surface area contributed by atoms with Crippen molar-refractivity contribution in [3.8, 4) is 11.8 Å². The van der Waals surface area contributed by atoms with Gasteiger partial charge in [-0.2, -0.15) is 5.26 Å². The Bertz CT molecular complexity index is 1020. The van der Waals surface area contributed by atoms with Gasteiger partial charge in [0.05, 0.1) is 5.92 Å². The number of hydrogen-bond acceptors (Lipinski definition) is 3. The maximum atomic E-state index is 9.67. The summed E-state index contributed by atoms with van der Waals surface area (Å²) in [7, 11) is 0. The van der Waals surface area contributed by atoms with Crippen LogP contribution in [0.15, 0.2) is 76.6 Å². The highest BCUT2D eigenvalue weighted by molar-refractivity contribution is 9.10. The van der Waals surface area contributed by atoms with Gasteiger partial charge in [-0.05, 0) is 34.5 Å². The minimum atomic E-state index is -0.238. The van der Waals surface area contributed by atoms with Crippen LogP contribution < -0.4 is 10.5 Å². The van der Waals surface area contributed by atoms with Gasteiger partial charge in [0.2, 0.25) is 5.88 Å². The van der Waals surface area contributed by atoms with E-state index in [-0.39, 0.29) is 11.8 Å². The van der Waals surface area contributed by atoms with E-state index in [1.54, 1.807) is 0 Å². The smallest absolute Gasteiger partial charge is 0.205 e. The molecule has 0 saturated heterocycles. The number of ether oxygens (including phenoxy) is 1. The van der Waals surface area contributed by atoms with Crippen LogP contribution in [0.4, 0.5) is 0 Å². The van der Waals surface area contributed by atoms with Crippen molar-refractivity contribution in [1.82, 2.24) is 0 Å². The van der Waals surface area contributed by atoms with Gasteiger partial charge in [0.1, 0.15) is 17.4 Å². The fourth-order valence-corrected chi connectivity index (χ4v) is 3.49. The number of fused-ring (bicyclic) bond motifs is 3. The molecule has 4 rings (SSSR count). The monoisotopic (exact) mass is 376 g/mol. The standard InChI is InChI=1S/C20H13BrN2O/c21-14-8-5-13(6-9-14)18-16(11-22)20(23)24-17-10-7-12-3-1-2-4-15(12)19(17)18/h1-10,18H,23H2/t18-/m0/s1. The fourth-order valence-electron chi connectivity index (χ4n) is 3.23. The predicted octanol–water partition coefficient (Wildman–Crippen LogP) is 4.82. The number of nitrogens with two attached hydrogens (primary N) is 1. The molecule has 0 fully saturated rings. The minimum absolute atomic E-state index is 0.174. The van der Waals surface area contributed by atoms with Gasteiger partial charge in [0.15, 0.2) is 0 Å². The van der Waals surface area contributed by atoms with E-state index in [2.05, 4.69) is 34.1 Å². The first kappa shape index (κ1) is 14.8. The number of rotatable bonds is 1. The topological polar surface area (TPSA) is 59.0 Å². The van der Waals surface area contributed by atoms with Gasteiger partial charge in [0, 0.05) is 10.0 Å². The SMILES string of the molecule is N#CC1=C(N)Oc2ccc3ccccc3c2[C@H]1c1ccc(Br)cc1. The van der Waals surface area contributed by atoms with E-state index in [1.807, 2.05) is 48.5 Å². The number of nitriles is 1. The van der Waals surface area contributed by atoms with Crippen molar-refractivity contribution in [3.05, 3.63) is 87.7 Å². The van der Waals surface area contributed by atoms with Gasteiger partial charge in [-0.1, -0.05) is 58.4 Å². The molecule has 0 aromatic heterocycles. The summed E-state index contributed by atoms with van der Waals surface area (Å²) in [5, 5.41) is 11.9. The Morgan fingerprint density at radius 2 is 1.75 bits per heavy atom. The Hall–Kier alpha value is -2.77. The molecule has 3 aromatic carbocycles. The first-order chi connectivity index (χ1) is 11.7. The summed E-state index contributed by atoms with van der Waals surface area (Å²) in [6.07, 6.45) is 0. The Kier molecular flexibility index (Phi) is 3.51. The zero-order valence-corrected chi connectivity index (χ0v) is 14.2. The van der Waals surface area contributed by atoms with E-state index in [0.717, 1.165) is 26.4 Å². The average molecular weight is 377 g/mol. The van der Waals surface area contributed by atoms with E-state index in [9.17, 15) is 5.26 Å². The van der Waals surface area contributed by atoms with Crippen molar-refractivity contribution >= 4 is 26.7 Å². The van der Waals surface area contributed by atoms with Gasteiger partial charge in [0.25, 0.3) is 0 Å². The summed E-state index contributed by atoms with van der Waals surface area (Å²) in [4.78, 5) is 0. The number of nitrogens with zero attached hydrogens (tertiary/aromatic N) is 1. The Labute approximate surface area is 148 Å². The Morgan fingerprint density at radius 3 is 2.50 bits per heavy atom. The maximum Gasteiger partial charge on any atom is 0.205 e. The molecular weight excluding hydrogens is 364 g/mol. The van der Waals surface area contributed by atoms with Crippen LogP contribution in [0.1, 0.15) is 17.0 Å². The molecule has 0 spiro atoms. The third-order valence-electron chi connectivity index (χ3n) is 4.32. The summed E-state index contributed by atoms with van der Waals surface area (Å²) in [5.41, 5.74) is 8.48. The third-order valence-corrected chi connectivity index (χ3v) is 4.85. The molecule has 0 saturated carbocycles. The predicted molar refractivity (Wildman–Crippen MR) is 97.4 cm³/mol. The van der Waals surface area contributed by atoms with Crippen molar-refractivity contribution in [2.24, 2.45) is 5.73 Å². The molecule has 0 bridgehead atoms. The summed E-state index contributed by atoms with van der Waals surface area (Å²) in [6.45, 7) is 0. The van der Waals surface area contributed by atoms with Crippen LogP contribution in [0.2, 0.25) is 0 Å². The van der Waals surface area contributed by atoms with Gasteiger partial charge in [-0.25, -0.2) is 0 Å². The number of halogens is 1. The van der Waals surface area contributed by atoms with Crippen molar-refractivity contribution in [3.63, 3.8) is 0 Å². The summed E-state index contributed by atoms with van der Waals surface area (Å²) < 4.78 is 6.74. The lowest BCUT2D eigenvalue weighted by Gasteiger charge is -2.27. The highest BCUT2D eigenvalue weighted by Crippen LogP contribution is 2.45. The third kappa shape index (κ3) is 2.26. The molecule has 1 atom stereocenters. The maximum absolute atomic E-state index is 9.67. The van der Waals surface area contributed by atoms with Gasteiger partial charge in [-0.3, -0.25) is 0 Å². The van der Waals surface area contributed by atoms with Gasteiger partial charge in [-0.15, -0.1) is 0 Å². The molecule has 116 valence electrons. The molecule has 24 heavy (non-hydrogen) atoms. The molecule has 0 radical (unpaired) electrons. The number of hydrogen-bond donors (Lipinski definition) is 1. The molecular formula is C20H13BrN2O. The lowest BCUT2D eigenvalue weighted by atomic mass is 9.81. The summed E-state index contributed by atoms with van der Waals surface area (Å²) in [6, 6.07) is 22.2. The molecule has 1 aliphatic heterocycles. The summed E-state index contributed by atoms with van der Waals surface area (Å²) >= 11 is 3.46. The second-order valence-electron chi connectivity index (χ2n) is 5.67. The Morgan fingerprint density at radius 1 is 1.00 bits per heavy atom. The zero-order valence-electron chi connectivity index (χ0n) is 12.7. The van der Waals surface area contributed by atoms with Crippen LogP contribution in [0.25, 0.3) is 10.8 Å². The highest BCUT2D eigenvalue weighted by atomic mass is 79.9. The van der Waals surface area contributed by atoms with Crippen LogP contribution in [-0.4, -0.2) is 0 Å². The van der Waals surface area contributed by atoms with Crippen LogP contribution in [0.5, 0.6) is 5.75 Å². The number of allylic oxidation sites excluding steroid dienone is 1. The van der Waals surface area contributed by atoms with Gasteiger partial charge >= 0.3 is 0 Å². The largest absolute Gasteiger partial charge is 0.440 e. The van der Waals surface area contributed by atoms with Crippen LogP contribution in [0.3, 0.4) is 0 Å². The minimum Gasteiger partial charge on any atom is -0.440 e. The molecule has 0 amide bonds. The van der Waals surface area contributed by atoms with Crippen LogP contribution in [-0.2, 0) is 0 Å². The molecule has 2 N–H and O–H groups in total. The molecule has 4 heteroatoms. The van der Waals surface area contributed by atoms with Crippen molar-refractivity contribution in [1.29, 1.82) is 5.26 Å². The lowest BCUT2D eigenvalue weighted by molar-refractivity contribution is 0.395. The van der Waals surface area contributed by atoms with Gasteiger partial charge < -0.3 is 10.5 Å².